The lowest BCUT2D eigenvalue weighted by Gasteiger charge is -2.42. The van der Waals surface area contributed by atoms with E-state index in [2.05, 4.69) is 26.1 Å². The molecule has 0 aromatic carbocycles. The van der Waals surface area contributed by atoms with Gasteiger partial charge >= 0.3 is 0 Å². The van der Waals surface area contributed by atoms with E-state index >= 15 is 0 Å². The average Bonchev–Trinajstić information content (AvgIpc) is 2.29. The van der Waals surface area contributed by atoms with Crippen LogP contribution in [-0.2, 0) is 0 Å². The summed E-state index contributed by atoms with van der Waals surface area (Å²) in [5, 5.41) is 14.0. The minimum absolute atomic E-state index is 0.0622. The molecule has 1 aliphatic carbocycles. The largest absolute Gasteiger partial charge is 0.393 e. The van der Waals surface area contributed by atoms with E-state index in [1.165, 1.54) is 32.1 Å². The van der Waals surface area contributed by atoms with Crippen molar-refractivity contribution in [2.24, 2.45) is 17.8 Å². The van der Waals surface area contributed by atoms with Crippen LogP contribution in [0.25, 0.3) is 0 Å². The summed E-state index contributed by atoms with van der Waals surface area (Å²) in [6.45, 7) is 6.94. The molecule has 5 unspecified atom stereocenters. The molecule has 0 radical (unpaired) electrons. The third-order valence-corrected chi connectivity index (χ3v) is 5.01. The summed E-state index contributed by atoms with van der Waals surface area (Å²) in [7, 11) is 0. The van der Waals surface area contributed by atoms with Crippen molar-refractivity contribution in [2.75, 3.05) is 0 Å². The molecule has 2 heteroatoms. The Labute approximate surface area is 106 Å². The van der Waals surface area contributed by atoms with Crippen LogP contribution in [0, 0.1) is 17.8 Å². The Morgan fingerprint density at radius 1 is 1.12 bits per heavy atom. The van der Waals surface area contributed by atoms with Gasteiger partial charge in [0.15, 0.2) is 0 Å². The Hall–Kier alpha value is -0.0800. The summed E-state index contributed by atoms with van der Waals surface area (Å²) >= 11 is 0. The van der Waals surface area contributed by atoms with Crippen molar-refractivity contribution in [1.29, 1.82) is 0 Å². The standard InChI is InChI=1S/C15H29NO/c1-10(2)12-7-8-15(17)13(9-12)14-6-4-5-11(3)16-14/h10-17H,4-9H2,1-3H3. The summed E-state index contributed by atoms with van der Waals surface area (Å²) in [6, 6.07) is 1.20. The molecule has 5 atom stereocenters. The van der Waals surface area contributed by atoms with Gasteiger partial charge in [0.05, 0.1) is 6.10 Å². The molecule has 1 heterocycles. The number of nitrogens with one attached hydrogen (secondary N) is 1. The molecule has 1 saturated heterocycles. The number of hydrogen-bond donors (Lipinski definition) is 2. The van der Waals surface area contributed by atoms with Crippen molar-refractivity contribution < 1.29 is 5.11 Å². The number of rotatable bonds is 2. The van der Waals surface area contributed by atoms with E-state index in [0.717, 1.165) is 18.3 Å². The fourth-order valence-electron chi connectivity index (χ4n) is 3.78. The zero-order chi connectivity index (χ0) is 12.4. The van der Waals surface area contributed by atoms with Crippen LogP contribution in [0.1, 0.15) is 59.3 Å². The SMILES string of the molecule is CC1CCCC(C2CC(C(C)C)CCC2O)N1. The second-order valence-corrected chi connectivity index (χ2v) is 6.65. The molecule has 0 spiro atoms. The molecule has 2 rings (SSSR count). The maximum absolute atomic E-state index is 10.3. The molecule has 2 aliphatic rings. The summed E-state index contributed by atoms with van der Waals surface area (Å²) in [5.74, 6) is 2.09. The fraction of sp³-hybridized carbons (Fsp3) is 1.00. The second-order valence-electron chi connectivity index (χ2n) is 6.65. The van der Waals surface area contributed by atoms with E-state index in [1.54, 1.807) is 0 Å². The summed E-state index contributed by atoms with van der Waals surface area (Å²) in [4.78, 5) is 0. The van der Waals surface area contributed by atoms with Crippen LogP contribution in [0.5, 0.6) is 0 Å². The van der Waals surface area contributed by atoms with E-state index in [-0.39, 0.29) is 6.10 Å². The molecular weight excluding hydrogens is 210 g/mol. The first-order valence-electron chi connectivity index (χ1n) is 7.52. The third kappa shape index (κ3) is 3.23. The van der Waals surface area contributed by atoms with Gasteiger partial charge in [-0.2, -0.15) is 0 Å². The highest BCUT2D eigenvalue weighted by atomic mass is 16.3. The lowest BCUT2D eigenvalue weighted by molar-refractivity contribution is 0.0102. The molecular formula is C15H29NO. The first-order chi connectivity index (χ1) is 8.08. The summed E-state index contributed by atoms with van der Waals surface area (Å²) < 4.78 is 0. The first kappa shape index (κ1) is 13.4. The van der Waals surface area contributed by atoms with Gasteiger partial charge in [-0.15, -0.1) is 0 Å². The highest BCUT2D eigenvalue weighted by Gasteiger charge is 2.36. The highest BCUT2D eigenvalue weighted by Crippen LogP contribution is 2.37. The van der Waals surface area contributed by atoms with Crippen LogP contribution in [0.2, 0.25) is 0 Å². The molecule has 0 aromatic heterocycles. The molecule has 0 bridgehead atoms. The zero-order valence-electron chi connectivity index (χ0n) is 11.7. The van der Waals surface area contributed by atoms with E-state index in [0.29, 0.717) is 18.0 Å². The maximum Gasteiger partial charge on any atom is 0.0583 e. The van der Waals surface area contributed by atoms with Crippen molar-refractivity contribution >= 4 is 0 Å². The molecule has 100 valence electrons. The van der Waals surface area contributed by atoms with E-state index < -0.39 is 0 Å². The van der Waals surface area contributed by atoms with Crippen LogP contribution in [0.15, 0.2) is 0 Å². The van der Waals surface area contributed by atoms with Crippen LogP contribution in [-0.4, -0.2) is 23.3 Å². The lowest BCUT2D eigenvalue weighted by atomic mass is 9.70. The van der Waals surface area contributed by atoms with E-state index in [1.807, 2.05) is 0 Å². The van der Waals surface area contributed by atoms with Crippen molar-refractivity contribution in [1.82, 2.24) is 5.32 Å². The van der Waals surface area contributed by atoms with E-state index in [4.69, 9.17) is 0 Å². The van der Waals surface area contributed by atoms with Crippen molar-refractivity contribution in [3.63, 3.8) is 0 Å². The summed E-state index contributed by atoms with van der Waals surface area (Å²) in [6.07, 6.45) is 7.28. The summed E-state index contributed by atoms with van der Waals surface area (Å²) in [5.41, 5.74) is 0. The van der Waals surface area contributed by atoms with Crippen molar-refractivity contribution in [3.05, 3.63) is 0 Å². The monoisotopic (exact) mass is 239 g/mol. The van der Waals surface area contributed by atoms with Gasteiger partial charge in [0.1, 0.15) is 0 Å². The molecule has 2 N–H and O–H groups in total. The van der Waals surface area contributed by atoms with Gasteiger partial charge in [-0.05, 0) is 50.9 Å². The molecule has 0 amide bonds. The van der Waals surface area contributed by atoms with Crippen LogP contribution < -0.4 is 5.32 Å². The second kappa shape index (κ2) is 5.71. The molecule has 2 fully saturated rings. The van der Waals surface area contributed by atoms with Crippen LogP contribution in [0.4, 0.5) is 0 Å². The van der Waals surface area contributed by atoms with Crippen LogP contribution >= 0.6 is 0 Å². The molecule has 0 aromatic rings. The Morgan fingerprint density at radius 3 is 2.53 bits per heavy atom. The smallest absolute Gasteiger partial charge is 0.0583 e. The van der Waals surface area contributed by atoms with Gasteiger partial charge in [-0.3, -0.25) is 0 Å². The normalized spacial score (nSPS) is 43.9. The van der Waals surface area contributed by atoms with E-state index in [9.17, 15) is 5.11 Å². The van der Waals surface area contributed by atoms with Gasteiger partial charge in [0.25, 0.3) is 0 Å². The quantitative estimate of drug-likeness (QED) is 0.776. The number of aliphatic hydroxyl groups is 1. The van der Waals surface area contributed by atoms with Gasteiger partial charge < -0.3 is 10.4 Å². The molecule has 1 saturated carbocycles. The van der Waals surface area contributed by atoms with Gasteiger partial charge in [0.2, 0.25) is 0 Å². The van der Waals surface area contributed by atoms with Gasteiger partial charge in [-0.1, -0.05) is 20.3 Å². The first-order valence-corrected chi connectivity index (χ1v) is 7.52. The number of piperidine rings is 1. The predicted molar refractivity (Wildman–Crippen MR) is 71.9 cm³/mol. The van der Waals surface area contributed by atoms with Gasteiger partial charge in [-0.25, -0.2) is 0 Å². The molecule has 1 aliphatic heterocycles. The number of aliphatic hydroxyl groups excluding tert-OH is 1. The van der Waals surface area contributed by atoms with Crippen molar-refractivity contribution in [3.8, 4) is 0 Å². The predicted octanol–water partition coefficient (Wildman–Crippen LogP) is 2.95. The Balaban J connectivity index is 1.96. The maximum atomic E-state index is 10.3. The topological polar surface area (TPSA) is 32.3 Å². The minimum atomic E-state index is -0.0622. The average molecular weight is 239 g/mol. The zero-order valence-corrected chi connectivity index (χ0v) is 11.7. The highest BCUT2D eigenvalue weighted by molar-refractivity contribution is 4.91. The minimum Gasteiger partial charge on any atom is -0.393 e. The molecule has 2 nitrogen and oxygen atoms in total. The third-order valence-electron chi connectivity index (χ3n) is 5.01. The number of hydrogen-bond acceptors (Lipinski definition) is 2. The lowest BCUT2D eigenvalue weighted by Crippen LogP contribution is -2.50. The fourth-order valence-corrected chi connectivity index (χ4v) is 3.78. The Kier molecular flexibility index (Phi) is 4.48. The Bertz CT molecular complexity index is 241. The molecule has 17 heavy (non-hydrogen) atoms. The Morgan fingerprint density at radius 2 is 1.88 bits per heavy atom. The van der Waals surface area contributed by atoms with Gasteiger partial charge in [0, 0.05) is 18.0 Å². The van der Waals surface area contributed by atoms with Crippen molar-refractivity contribution in [2.45, 2.75) is 77.5 Å². The van der Waals surface area contributed by atoms with Crippen LogP contribution in [0.3, 0.4) is 0 Å².